The van der Waals surface area contributed by atoms with E-state index in [0.717, 1.165) is 11.3 Å². The molecule has 1 aliphatic heterocycles. The first kappa shape index (κ1) is 18.5. The van der Waals surface area contributed by atoms with Gasteiger partial charge in [-0.25, -0.2) is 4.79 Å². The summed E-state index contributed by atoms with van der Waals surface area (Å²) in [7, 11) is 1.57. The molecule has 1 N–H and O–H groups in total. The molecule has 6 heteroatoms. The summed E-state index contributed by atoms with van der Waals surface area (Å²) in [6, 6.07) is 17.0. The number of benzene rings is 2. The van der Waals surface area contributed by atoms with E-state index >= 15 is 0 Å². The summed E-state index contributed by atoms with van der Waals surface area (Å²) in [5.41, 5.74) is 2.55. The average molecular weight is 365 g/mol. The zero-order valence-corrected chi connectivity index (χ0v) is 15.3. The number of carbonyl (C=O) groups excluding carboxylic acids is 1. The van der Waals surface area contributed by atoms with Crippen molar-refractivity contribution in [3.8, 4) is 5.75 Å². The lowest BCUT2D eigenvalue weighted by Crippen LogP contribution is -2.40. The molecule has 0 unspecified atom stereocenters. The molecule has 2 amide bonds. The molecule has 3 rings (SSSR count). The zero-order chi connectivity index (χ0) is 19.1. The minimum atomic E-state index is -0.240. The van der Waals surface area contributed by atoms with Crippen molar-refractivity contribution >= 4 is 17.4 Å². The largest absolute Gasteiger partial charge is 0.495 e. The van der Waals surface area contributed by atoms with E-state index in [1.54, 1.807) is 30.2 Å². The third-order valence-corrected chi connectivity index (χ3v) is 4.25. The second kappa shape index (κ2) is 8.89. The molecule has 0 aromatic heterocycles. The first-order chi connectivity index (χ1) is 13.2. The Kier molecular flexibility index (Phi) is 6.10. The number of anilines is 1. The predicted octanol–water partition coefficient (Wildman–Crippen LogP) is 3.91. The first-order valence-corrected chi connectivity index (χ1v) is 8.79. The van der Waals surface area contributed by atoms with Crippen molar-refractivity contribution in [2.24, 2.45) is 5.16 Å². The Morgan fingerprint density at radius 1 is 1.30 bits per heavy atom. The number of oxime groups is 1. The maximum atomic E-state index is 12.7. The molecule has 6 nitrogen and oxygen atoms in total. The molecule has 0 radical (unpaired) electrons. The van der Waals surface area contributed by atoms with Crippen LogP contribution in [0.1, 0.15) is 12.0 Å². The van der Waals surface area contributed by atoms with Crippen LogP contribution in [0.2, 0.25) is 0 Å². The normalized spacial score (nSPS) is 15.4. The molecule has 1 aliphatic rings. The van der Waals surface area contributed by atoms with Crippen LogP contribution >= 0.6 is 0 Å². The van der Waals surface area contributed by atoms with Gasteiger partial charge in [-0.1, -0.05) is 53.7 Å². The summed E-state index contributed by atoms with van der Waals surface area (Å²) >= 11 is 0. The fourth-order valence-corrected chi connectivity index (χ4v) is 2.91. The van der Waals surface area contributed by atoms with Gasteiger partial charge in [0.05, 0.1) is 25.1 Å². The van der Waals surface area contributed by atoms with E-state index in [2.05, 4.69) is 17.1 Å². The van der Waals surface area contributed by atoms with Crippen LogP contribution in [-0.2, 0) is 4.84 Å². The summed E-state index contributed by atoms with van der Waals surface area (Å²) < 4.78 is 5.29. The zero-order valence-electron chi connectivity index (χ0n) is 15.3. The van der Waals surface area contributed by atoms with Crippen molar-refractivity contribution in [1.82, 2.24) is 4.90 Å². The molecule has 2 aromatic rings. The maximum Gasteiger partial charge on any atom is 0.322 e. The average Bonchev–Trinajstić information content (AvgIpc) is 3.17. The Hall–Kier alpha value is -3.28. The molecule has 1 heterocycles. The molecule has 0 aliphatic carbocycles. The van der Waals surface area contributed by atoms with Gasteiger partial charge in [0, 0.05) is 13.0 Å². The SMILES string of the molecule is C=CCN(C[C@@H]1CC(c2ccccc2)=NO1)C(=O)Nc1ccccc1OC. The van der Waals surface area contributed by atoms with E-state index in [1.807, 2.05) is 42.5 Å². The minimum Gasteiger partial charge on any atom is -0.495 e. The molecular weight excluding hydrogens is 342 g/mol. The lowest BCUT2D eigenvalue weighted by atomic mass is 10.1. The second-order valence-electron chi connectivity index (χ2n) is 6.16. The molecule has 140 valence electrons. The number of para-hydroxylation sites is 2. The van der Waals surface area contributed by atoms with E-state index in [1.165, 1.54) is 0 Å². The molecule has 0 spiro atoms. The van der Waals surface area contributed by atoms with Crippen molar-refractivity contribution in [2.75, 3.05) is 25.5 Å². The highest BCUT2D eigenvalue weighted by atomic mass is 16.6. The van der Waals surface area contributed by atoms with Crippen LogP contribution < -0.4 is 10.1 Å². The Balaban J connectivity index is 1.62. The van der Waals surface area contributed by atoms with Crippen LogP contribution in [0.25, 0.3) is 0 Å². The number of amides is 2. The van der Waals surface area contributed by atoms with E-state index in [-0.39, 0.29) is 12.1 Å². The highest BCUT2D eigenvalue weighted by molar-refractivity contribution is 6.01. The van der Waals surface area contributed by atoms with Gasteiger partial charge >= 0.3 is 6.03 Å². The Bertz CT molecular complexity index is 820. The monoisotopic (exact) mass is 365 g/mol. The van der Waals surface area contributed by atoms with Crippen LogP contribution in [-0.4, -0.2) is 42.9 Å². The summed E-state index contributed by atoms with van der Waals surface area (Å²) in [6.45, 7) is 4.56. The van der Waals surface area contributed by atoms with Gasteiger partial charge < -0.3 is 19.8 Å². The summed E-state index contributed by atoms with van der Waals surface area (Å²) in [5.74, 6) is 0.608. The number of nitrogens with one attached hydrogen (secondary N) is 1. The van der Waals surface area contributed by atoms with Gasteiger partial charge in [-0.15, -0.1) is 6.58 Å². The van der Waals surface area contributed by atoms with Gasteiger partial charge in [0.1, 0.15) is 5.75 Å². The number of rotatable bonds is 7. The van der Waals surface area contributed by atoms with Crippen LogP contribution in [0.15, 0.2) is 72.4 Å². The third kappa shape index (κ3) is 4.67. The molecule has 0 fully saturated rings. The number of hydrogen-bond donors (Lipinski definition) is 1. The number of urea groups is 1. The quantitative estimate of drug-likeness (QED) is 0.757. The van der Waals surface area contributed by atoms with Gasteiger partial charge in [-0.05, 0) is 17.7 Å². The lowest BCUT2D eigenvalue weighted by Gasteiger charge is -2.24. The highest BCUT2D eigenvalue weighted by Gasteiger charge is 2.26. The van der Waals surface area contributed by atoms with Crippen LogP contribution in [0, 0.1) is 0 Å². The standard InChI is InChI=1S/C21H23N3O3/c1-3-13-24(21(25)22-18-11-7-8-12-20(18)26-2)15-17-14-19(23-27-17)16-9-5-4-6-10-16/h3-12,17H,1,13-15H2,2H3,(H,22,25)/t17-/m0/s1. The molecule has 0 saturated carbocycles. The summed E-state index contributed by atoms with van der Waals surface area (Å²) in [5, 5.41) is 7.07. The van der Waals surface area contributed by atoms with E-state index in [9.17, 15) is 4.79 Å². The van der Waals surface area contributed by atoms with E-state index in [4.69, 9.17) is 9.57 Å². The van der Waals surface area contributed by atoms with Crippen molar-refractivity contribution in [3.05, 3.63) is 72.8 Å². The van der Waals surface area contributed by atoms with Crippen LogP contribution in [0.4, 0.5) is 10.5 Å². The Morgan fingerprint density at radius 3 is 2.78 bits per heavy atom. The van der Waals surface area contributed by atoms with E-state index in [0.29, 0.717) is 30.9 Å². The van der Waals surface area contributed by atoms with Crippen molar-refractivity contribution < 1.29 is 14.4 Å². The number of carbonyl (C=O) groups is 1. The summed E-state index contributed by atoms with van der Waals surface area (Å²) in [6.07, 6.45) is 2.15. The van der Waals surface area contributed by atoms with Gasteiger partial charge in [0.25, 0.3) is 0 Å². The fourth-order valence-electron chi connectivity index (χ4n) is 2.91. The first-order valence-electron chi connectivity index (χ1n) is 8.79. The smallest absolute Gasteiger partial charge is 0.322 e. The number of nitrogens with zero attached hydrogens (tertiary/aromatic N) is 2. The predicted molar refractivity (Wildman–Crippen MR) is 106 cm³/mol. The maximum absolute atomic E-state index is 12.7. The molecule has 0 bridgehead atoms. The topological polar surface area (TPSA) is 63.2 Å². The molecular formula is C21H23N3O3. The molecule has 2 aromatic carbocycles. The van der Waals surface area contributed by atoms with Crippen molar-refractivity contribution in [2.45, 2.75) is 12.5 Å². The number of hydrogen-bond acceptors (Lipinski definition) is 4. The third-order valence-electron chi connectivity index (χ3n) is 4.25. The highest BCUT2D eigenvalue weighted by Crippen LogP contribution is 2.24. The van der Waals surface area contributed by atoms with Crippen LogP contribution in [0.5, 0.6) is 5.75 Å². The van der Waals surface area contributed by atoms with Crippen molar-refractivity contribution in [3.63, 3.8) is 0 Å². The molecule has 27 heavy (non-hydrogen) atoms. The van der Waals surface area contributed by atoms with Gasteiger partial charge in [-0.3, -0.25) is 0 Å². The molecule has 1 atom stereocenters. The van der Waals surface area contributed by atoms with Gasteiger partial charge in [-0.2, -0.15) is 0 Å². The molecule has 0 saturated heterocycles. The lowest BCUT2D eigenvalue weighted by molar-refractivity contribution is 0.0645. The number of ether oxygens (including phenoxy) is 1. The fraction of sp³-hybridized carbons (Fsp3) is 0.238. The van der Waals surface area contributed by atoms with Gasteiger partial charge in [0.2, 0.25) is 0 Å². The van der Waals surface area contributed by atoms with Crippen LogP contribution in [0.3, 0.4) is 0 Å². The minimum absolute atomic E-state index is 0.191. The van der Waals surface area contributed by atoms with Gasteiger partial charge in [0.15, 0.2) is 6.10 Å². The summed E-state index contributed by atoms with van der Waals surface area (Å²) in [4.78, 5) is 19.9. The second-order valence-corrected chi connectivity index (χ2v) is 6.16. The van der Waals surface area contributed by atoms with Crippen molar-refractivity contribution in [1.29, 1.82) is 0 Å². The van der Waals surface area contributed by atoms with E-state index < -0.39 is 0 Å². The Labute approximate surface area is 159 Å². The number of methoxy groups -OCH3 is 1. The Morgan fingerprint density at radius 2 is 2.04 bits per heavy atom.